The molecule has 0 N–H and O–H groups in total. The Labute approximate surface area is 91.5 Å². The molecule has 0 atom stereocenters. The molecule has 0 unspecified atom stereocenters. The van der Waals surface area contributed by atoms with Crippen molar-refractivity contribution in [1.82, 2.24) is 9.97 Å². The number of nitrogens with zero attached hydrogens (tertiary/aromatic N) is 2. The van der Waals surface area contributed by atoms with Crippen LogP contribution in [-0.2, 0) is 11.8 Å². The zero-order chi connectivity index (χ0) is 10.9. The first-order valence-electron chi connectivity index (χ1n) is 5.66. The van der Waals surface area contributed by atoms with E-state index in [-0.39, 0.29) is 5.41 Å². The van der Waals surface area contributed by atoms with E-state index in [1.165, 1.54) is 0 Å². The highest BCUT2D eigenvalue weighted by atomic mass is 14.8. The van der Waals surface area contributed by atoms with Gasteiger partial charge in [0.15, 0.2) is 0 Å². The summed E-state index contributed by atoms with van der Waals surface area (Å²) in [6.07, 6.45) is 9.44. The fourth-order valence-electron chi connectivity index (χ4n) is 1.68. The molecule has 1 aromatic heterocycles. The van der Waals surface area contributed by atoms with E-state index in [2.05, 4.69) is 37.9 Å². The van der Waals surface area contributed by atoms with Crippen molar-refractivity contribution in [3.63, 3.8) is 0 Å². The van der Waals surface area contributed by atoms with Gasteiger partial charge in [-0.25, -0.2) is 4.98 Å². The van der Waals surface area contributed by atoms with Crippen molar-refractivity contribution in [1.29, 1.82) is 0 Å². The molecule has 1 aromatic rings. The minimum Gasteiger partial charge on any atom is -0.257 e. The van der Waals surface area contributed by atoms with Gasteiger partial charge in [-0.15, -0.1) is 0 Å². The van der Waals surface area contributed by atoms with Crippen LogP contribution in [0.25, 0.3) is 6.08 Å². The van der Waals surface area contributed by atoms with Crippen LogP contribution in [0.15, 0.2) is 12.3 Å². The van der Waals surface area contributed by atoms with Crippen LogP contribution < -0.4 is 0 Å². The van der Waals surface area contributed by atoms with Gasteiger partial charge in [-0.05, 0) is 25.3 Å². The predicted octanol–water partition coefficient (Wildman–Crippen LogP) is 3.12. The highest BCUT2D eigenvalue weighted by Crippen LogP contribution is 2.26. The topological polar surface area (TPSA) is 25.8 Å². The average Bonchev–Trinajstić information content (AvgIpc) is 2.28. The van der Waals surface area contributed by atoms with Crippen LogP contribution in [0.1, 0.15) is 50.7 Å². The molecule has 80 valence electrons. The van der Waals surface area contributed by atoms with Gasteiger partial charge in [-0.3, -0.25) is 4.98 Å². The molecular formula is C13H18N2. The van der Waals surface area contributed by atoms with E-state index in [0.717, 1.165) is 36.3 Å². The van der Waals surface area contributed by atoms with E-state index in [0.29, 0.717) is 0 Å². The lowest BCUT2D eigenvalue weighted by atomic mass is 9.86. The largest absolute Gasteiger partial charge is 0.257 e. The number of rotatable bonds is 2. The summed E-state index contributed by atoms with van der Waals surface area (Å²) < 4.78 is 0. The minimum absolute atomic E-state index is 0.132. The Hall–Kier alpha value is -1.18. The third-order valence-electron chi connectivity index (χ3n) is 3.28. The summed E-state index contributed by atoms with van der Waals surface area (Å²) in [5.74, 6) is 0. The zero-order valence-electron chi connectivity index (χ0n) is 9.75. The highest BCUT2D eigenvalue weighted by molar-refractivity contribution is 5.50. The van der Waals surface area contributed by atoms with E-state index in [1.54, 1.807) is 0 Å². The van der Waals surface area contributed by atoms with Crippen molar-refractivity contribution < 1.29 is 0 Å². The van der Waals surface area contributed by atoms with Crippen molar-refractivity contribution in [3.05, 3.63) is 29.4 Å². The minimum atomic E-state index is 0.132. The summed E-state index contributed by atoms with van der Waals surface area (Å²) >= 11 is 0. The second kappa shape index (κ2) is 3.76. The molecule has 1 heterocycles. The van der Waals surface area contributed by atoms with Crippen LogP contribution >= 0.6 is 0 Å². The van der Waals surface area contributed by atoms with Crippen molar-refractivity contribution in [2.24, 2.45) is 0 Å². The highest BCUT2D eigenvalue weighted by Gasteiger charge is 2.21. The van der Waals surface area contributed by atoms with Gasteiger partial charge in [0.25, 0.3) is 0 Å². The average molecular weight is 202 g/mol. The van der Waals surface area contributed by atoms with E-state index >= 15 is 0 Å². The summed E-state index contributed by atoms with van der Waals surface area (Å²) in [7, 11) is 0. The normalized spacial score (nSPS) is 15.1. The molecule has 0 bridgehead atoms. The van der Waals surface area contributed by atoms with Crippen LogP contribution in [0.3, 0.4) is 0 Å². The van der Waals surface area contributed by atoms with Gasteiger partial charge in [0.05, 0.1) is 17.1 Å². The van der Waals surface area contributed by atoms with E-state index in [4.69, 9.17) is 4.98 Å². The van der Waals surface area contributed by atoms with E-state index in [9.17, 15) is 0 Å². The monoisotopic (exact) mass is 202 g/mol. The number of aryl methyl sites for hydroxylation is 1. The maximum Gasteiger partial charge on any atom is 0.0845 e. The van der Waals surface area contributed by atoms with E-state index < -0.39 is 0 Å². The van der Waals surface area contributed by atoms with Crippen LogP contribution in [0.2, 0.25) is 0 Å². The summed E-state index contributed by atoms with van der Waals surface area (Å²) in [6, 6.07) is 0. The van der Waals surface area contributed by atoms with Gasteiger partial charge < -0.3 is 0 Å². The van der Waals surface area contributed by atoms with Gasteiger partial charge in [-0.2, -0.15) is 0 Å². The first-order valence-corrected chi connectivity index (χ1v) is 5.66. The Kier molecular flexibility index (Phi) is 2.59. The number of hydrogen-bond acceptors (Lipinski definition) is 2. The van der Waals surface area contributed by atoms with Crippen molar-refractivity contribution >= 4 is 6.08 Å². The standard InChI is InChI=1S/C13H18N2/c1-4-13(2,3)12-9-14-10-7-5-6-8-11(10)15-12/h6,8-9H,4-5,7H2,1-3H3. The lowest BCUT2D eigenvalue weighted by molar-refractivity contribution is 0.486. The Balaban J connectivity index is 2.42. The zero-order valence-corrected chi connectivity index (χ0v) is 9.75. The van der Waals surface area contributed by atoms with Crippen molar-refractivity contribution in [3.8, 4) is 0 Å². The summed E-state index contributed by atoms with van der Waals surface area (Å²) in [5, 5.41) is 0. The molecule has 0 saturated carbocycles. The second-order valence-electron chi connectivity index (χ2n) is 4.77. The predicted molar refractivity (Wildman–Crippen MR) is 62.7 cm³/mol. The van der Waals surface area contributed by atoms with Crippen LogP contribution in [0.5, 0.6) is 0 Å². The Bertz CT molecular complexity index is 392. The smallest absolute Gasteiger partial charge is 0.0845 e. The Morgan fingerprint density at radius 3 is 2.93 bits per heavy atom. The summed E-state index contributed by atoms with van der Waals surface area (Å²) in [6.45, 7) is 6.63. The molecule has 2 heteroatoms. The van der Waals surface area contributed by atoms with Crippen molar-refractivity contribution in [2.45, 2.75) is 45.4 Å². The molecule has 15 heavy (non-hydrogen) atoms. The first kappa shape index (κ1) is 10.3. The quantitative estimate of drug-likeness (QED) is 0.736. The lowest BCUT2D eigenvalue weighted by Gasteiger charge is -2.22. The summed E-state index contributed by atoms with van der Waals surface area (Å²) in [5.41, 5.74) is 3.46. The van der Waals surface area contributed by atoms with Gasteiger partial charge >= 0.3 is 0 Å². The molecule has 0 spiro atoms. The Morgan fingerprint density at radius 2 is 2.20 bits per heavy atom. The van der Waals surface area contributed by atoms with Gasteiger partial charge in [0.2, 0.25) is 0 Å². The van der Waals surface area contributed by atoms with E-state index in [1.807, 2.05) is 6.20 Å². The first-order chi connectivity index (χ1) is 7.13. The molecule has 0 aromatic carbocycles. The molecule has 0 amide bonds. The number of hydrogen-bond donors (Lipinski definition) is 0. The molecule has 1 aliphatic rings. The second-order valence-corrected chi connectivity index (χ2v) is 4.77. The van der Waals surface area contributed by atoms with Crippen LogP contribution in [0, 0.1) is 0 Å². The number of fused-ring (bicyclic) bond motifs is 1. The maximum absolute atomic E-state index is 4.71. The number of aromatic nitrogens is 2. The van der Waals surface area contributed by atoms with Gasteiger partial charge in [-0.1, -0.05) is 26.8 Å². The molecule has 2 nitrogen and oxygen atoms in total. The molecular weight excluding hydrogens is 184 g/mol. The maximum atomic E-state index is 4.71. The SMILES string of the molecule is CCC(C)(C)c1cnc2c(n1)C=CCC2. The number of allylic oxidation sites excluding steroid dienone is 1. The fourth-order valence-corrected chi connectivity index (χ4v) is 1.68. The molecule has 1 aliphatic carbocycles. The van der Waals surface area contributed by atoms with Crippen LogP contribution in [-0.4, -0.2) is 9.97 Å². The summed E-state index contributed by atoms with van der Waals surface area (Å²) in [4.78, 5) is 9.23. The molecule has 0 aliphatic heterocycles. The third kappa shape index (κ3) is 1.94. The molecule has 0 saturated heterocycles. The molecule has 0 fully saturated rings. The van der Waals surface area contributed by atoms with Gasteiger partial charge in [0, 0.05) is 11.6 Å². The lowest BCUT2D eigenvalue weighted by Crippen LogP contribution is -2.19. The molecule has 2 rings (SSSR count). The third-order valence-corrected chi connectivity index (χ3v) is 3.28. The molecule has 0 radical (unpaired) electrons. The van der Waals surface area contributed by atoms with Crippen molar-refractivity contribution in [2.75, 3.05) is 0 Å². The fraction of sp³-hybridized carbons (Fsp3) is 0.538. The van der Waals surface area contributed by atoms with Crippen LogP contribution in [0.4, 0.5) is 0 Å². The Morgan fingerprint density at radius 1 is 1.40 bits per heavy atom. The van der Waals surface area contributed by atoms with Gasteiger partial charge in [0.1, 0.15) is 0 Å².